The Hall–Kier alpha value is -1.18. The van der Waals surface area contributed by atoms with E-state index in [1.807, 2.05) is 11.9 Å². The van der Waals surface area contributed by atoms with Gasteiger partial charge in [0.1, 0.15) is 0 Å². The van der Waals surface area contributed by atoms with Crippen LogP contribution in [-0.2, 0) is 19.1 Å². The molecule has 0 aromatic heterocycles. The molecule has 26 heavy (non-hydrogen) atoms. The third-order valence-corrected chi connectivity index (χ3v) is 5.78. The van der Waals surface area contributed by atoms with Crippen LogP contribution in [0.1, 0.15) is 32.1 Å². The second kappa shape index (κ2) is 9.67. The van der Waals surface area contributed by atoms with Crippen LogP contribution >= 0.6 is 0 Å². The number of carbonyl (C=O) groups is 2. The molecule has 3 saturated heterocycles. The molecule has 3 fully saturated rings. The molecule has 0 saturated carbocycles. The molecule has 3 atom stereocenters. The Kier molecular flexibility index (Phi) is 7.28. The molecule has 3 heterocycles. The summed E-state index contributed by atoms with van der Waals surface area (Å²) in [6.07, 6.45) is 4.67. The largest absolute Gasteiger partial charge is 0.381 e. The number of ether oxygens (including phenoxy) is 2. The van der Waals surface area contributed by atoms with E-state index >= 15 is 0 Å². The van der Waals surface area contributed by atoms with Crippen molar-refractivity contribution in [2.45, 2.75) is 38.2 Å². The van der Waals surface area contributed by atoms with Crippen LogP contribution in [0.2, 0.25) is 0 Å². The van der Waals surface area contributed by atoms with Gasteiger partial charge in [0.15, 0.2) is 0 Å². The zero-order valence-electron chi connectivity index (χ0n) is 16.0. The van der Waals surface area contributed by atoms with E-state index in [0.29, 0.717) is 38.5 Å². The van der Waals surface area contributed by atoms with Crippen LogP contribution in [0.4, 0.5) is 0 Å². The minimum absolute atomic E-state index is 0.0558. The van der Waals surface area contributed by atoms with Crippen molar-refractivity contribution in [3.05, 3.63) is 0 Å². The van der Waals surface area contributed by atoms with Crippen LogP contribution in [0.15, 0.2) is 0 Å². The number of rotatable bonds is 8. The molecule has 0 bridgehead atoms. The maximum absolute atomic E-state index is 12.6. The molecule has 3 rings (SSSR count). The topological polar surface area (TPSA) is 71.1 Å². The first kappa shape index (κ1) is 19.6. The van der Waals surface area contributed by atoms with Gasteiger partial charge in [0.25, 0.3) is 0 Å². The second-order valence-electron chi connectivity index (χ2n) is 7.93. The third kappa shape index (κ3) is 5.66. The SMILES string of the molecule is CN(CCN1CCCC1)C(=O)[C@@H]1CO[C@H](CNC(=O)CC2CCOC2)C1. The monoisotopic (exact) mass is 367 g/mol. The molecule has 0 aromatic rings. The van der Waals surface area contributed by atoms with Crippen molar-refractivity contribution < 1.29 is 19.1 Å². The smallest absolute Gasteiger partial charge is 0.227 e. The predicted molar refractivity (Wildman–Crippen MR) is 97.7 cm³/mol. The average molecular weight is 367 g/mol. The number of carbonyl (C=O) groups excluding carboxylic acids is 2. The van der Waals surface area contributed by atoms with Crippen molar-refractivity contribution in [2.75, 3.05) is 59.6 Å². The van der Waals surface area contributed by atoms with Gasteiger partial charge in [0, 0.05) is 46.3 Å². The minimum atomic E-state index is -0.0799. The van der Waals surface area contributed by atoms with E-state index in [2.05, 4.69) is 10.2 Å². The molecule has 0 spiro atoms. The van der Waals surface area contributed by atoms with E-state index < -0.39 is 0 Å². The van der Waals surface area contributed by atoms with E-state index in [1.165, 1.54) is 12.8 Å². The Morgan fingerprint density at radius 2 is 2.04 bits per heavy atom. The van der Waals surface area contributed by atoms with Crippen LogP contribution in [-0.4, -0.2) is 87.3 Å². The van der Waals surface area contributed by atoms with Gasteiger partial charge in [-0.15, -0.1) is 0 Å². The van der Waals surface area contributed by atoms with Gasteiger partial charge in [-0.1, -0.05) is 0 Å². The van der Waals surface area contributed by atoms with Crippen molar-refractivity contribution in [1.29, 1.82) is 0 Å². The Labute approximate surface area is 156 Å². The standard InChI is InChI=1S/C19H33N3O4/c1-21(7-8-22-5-2-3-6-22)19(24)16-11-17(26-14-16)12-20-18(23)10-15-4-9-25-13-15/h15-17H,2-14H2,1H3,(H,20,23)/t15?,16-,17-/m0/s1. The first-order valence-corrected chi connectivity index (χ1v) is 10.0. The van der Waals surface area contributed by atoms with Gasteiger partial charge in [-0.25, -0.2) is 0 Å². The highest BCUT2D eigenvalue weighted by molar-refractivity contribution is 5.79. The fraction of sp³-hybridized carbons (Fsp3) is 0.895. The molecule has 1 unspecified atom stereocenters. The molecule has 7 nitrogen and oxygen atoms in total. The van der Waals surface area contributed by atoms with Gasteiger partial charge in [0.05, 0.1) is 18.6 Å². The van der Waals surface area contributed by atoms with E-state index in [4.69, 9.17) is 9.47 Å². The summed E-state index contributed by atoms with van der Waals surface area (Å²) in [5.41, 5.74) is 0. The van der Waals surface area contributed by atoms with Crippen LogP contribution in [0, 0.1) is 11.8 Å². The molecule has 0 aliphatic carbocycles. The summed E-state index contributed by atoms with van der Waals surface area (Å²) in [5, 5.41) is 2.95. The molecule has 0 radical (unpaired) electrons. The highest BCUT2D eigenvalue weighted by atomic mass is 16.5. The number of likely N-dealkylation sites (tertiary alicyclic amines) is 1. The Bertz CT molecular complexity index is 475. The summed E-state index contributed by atoms with van der Waals surface area (Å²) < 4.78 is 11.0. The van der Waals surface area contributed by atoms with Crippen molar-refractivity contribution in [3.63, 3.8) is 0 Å². The van der Waals surface area contributed by atoms with Crippen molar-refractivity contribution >= 4 is 11.8 Å². The molecule has 1 N–H and O–H groups in total. The zero-order chi connectivity index (χ0) is 18.4. The van der Waals surface area contributed by atoms with E-state index in [1.54, 1.807) is 0 Å². The summed E-state index contributed by atoms with van der Waals surface area (Å²) in [7, 11) is 1.89. The quantitative estimate of drug-likeness (QED) is 0.676. The summed E-state index contributed by atoms with van der Waals surface area (Å²) >= 11 is 0. The Balaban J connectivity index is 1.31. The number of hydrogen-bond donors (Lipinski definition) is 1. The lowest BCUT2D eigenvalue weighted by Crippen LogP contribution is -2.39. The summed E-state index contributed by atoms with van der Waals surface area (Å²) in [4.78, 5) is 28.8. The first-order chi connectivity index (χ1) is 12.6. The molecule has 3 aliphatic heterocycles. The fourth-order valence-electron chi connectivity index (χ4n) is 4.05. The fourth-order valence-corrected chi connectivity index (χ4v) is 4.05. The van der Waals surface area contributed by atoms with Gasteiger partial charge < -0.3 is 24.6 Å². The normalized spacial score (nSPS) is 29.2. The summed E-state index contributed by atoms with van der Waals surface area (Å²) in [6.45, 7) is 6.46. The number of amides is 2. The second-order valence-corrected chi connectivity index (χ2v) is 7.93. The van der Waals surface area contributed by atoms with Crippen LogP contribution in [0.25, 0.3) is 0 Å². The van der Waals surface area contributed by atoms with Crippen molar-refractivity contribution in [3.8, 4) is 0 Å². The highest BCUT2D eigenvalue weighted by Gasteiger charge is 2.33. The van der Waals surface area contributed by atoms with Crippen molar-refractivity contribution in [1.82, 2.24) is 15.1 Å². The Morgan fingerprint density at radius 1 is 1.23 bits per heavy atom. The lowest BCUT2D eigenvalue weighted by Gasteiger charge is -2.23. The van der Waals surface area contributed by atoms with Gasteiger partial charge in [-0.05, 0) is 44.7 Å². The van der Waals surface area contributed by atoms with Gasteiger partial charge in [-0.2, -0.15) is 0 Å². The van der Waals surface area contributed by atoms with Crippen LogP contribution in [0.3, 0.4) is 0 Å². The van der Waals surface area contributed by atoms with Crippen LogP contribution < -0.4 is 5.32 Å². The first-order valence-electron chi connectivity index (χ1n) is 10.0. The molecular formula is C19H33N3O4. The summed E-state index contributed by atoms with van der Waals surface area (Å²) in [5.74, 6) is 0.490. The average Bonchev–Trinajstić information content (AvgIpc) is 3.39. The molecule has 2 amide bonds. The zero-order valence-corrected chi connectivity index (χ0v) is 16.0. The number of nitrogens with zero attached hydrogens (tertiary/aromatic N) is 2. The molecule has 7 heteroatoms. The lowest BCUT2D eigenvalue weighted by atomic mass is 10.0. The van der Waals surface area contributed by atoms with Gasteiger partial charge >= 0.3 is 0 Å². The molecule has 0 aromatic carbocycles. The number of hydrogen-bond acceptors (Lipinski definition) is 5. The van der Waals surface area contributed by atoms with Gasteiger partial charge in [-0.3, -0.25) is 9.59 Å². The maximum atomic E-state index is 12.6. The lowest BCUT2D eigenvalue weighted by molar-refractivity contribution is -0.134. The minimum Gasteiger partial charge on any atom is -0.381 e. The predicted octanol–water partition coefficient (Wildman–Crippen LogP) is 0.489. The highest BCUT2D eigenvalue weighted by Crippen LogP contribution is 2.21. The molecule has 3 aliphatic rings. The van der Waals surface area contributed by atoms with Gasteiger partial charge in [0.2, 0.25) is 11.8 Å². The van der Waals surface area contributed by atoms with E-state index in [-0.39, 0.29) is 23.8 Å². The summed E-state index contributed by atoms with van der Waals surface area (Å²) in [6, 6.07) is 0. The molecular weight excluding hydrogens is 334 g/mol. The number of likely N-dealkylation sites (N-methyl/N-ethyl adjacent to an activating group) is 1. The van der Waals surface area contributed by atoms with E-state index in [0.717, 1.165) is 39.2 Å². The third-order valence-electron chi connectivity index (χ3n) is 5.78. The van der Waals surface area contributed by atoms with Crippen molar-refractivity contribution in [2.24, 2.45) is 11.8 Å². The molecule has 148 valence electrons. The maximum Gasteiger partial charge on any atom is 0.227 e. The van der Waals surface area contributed by atoms with Crippen LogP contribution in [0.5, 0.6) is 0 Å². The van der Waals surface area contributed by atoms with E-state index in [9.17, 15) is 9.59 Å². The Morgan fingerprint density at radius 3 is 2.77 bits per heavy atom. The number of nitrogens with one attached hydrogen (secondary N) is 1.